The van der Waals surface area contributed by atoms with Gasteiger partial charge in [0.25, 0.3) is 0 Å². The van der Waals surface area contributed by atoms with E-state index >= 15 is 0 Å². The number of ether oxygens (including phenoxy) is 1. The zero-order chi connectivity index (χ0) is 25.5. The van der Waals surface area contributed by atoms with Gasteiger partial charge in [-0.2, -0.15) is 13.2 Å². The molecular weight excluding hydrogens is 471 g/mol. The van der Waals surface area contributed by atoms with Crippen LogP contribution in [0.1, 0.15) is 48.8 Å². The van der Waals surface area contributed by atoms with Crippen molar-refractivity contribution in [2.75, 3.05) is 18.6 Å². The highest BCUT2D eigenvalue weighted by molar-refractivity contribution is 5.97. The molecule has 2 fully saturated rings. The lowest BCUT2D eigenvalue weighted by atomic mass is 9.49. The molecule has 36 heavy (non-hydrogen) atoms. The molecular formula is C27H30F3N3O3. The summed E-state index contributed by atoms with van der Waals surface area (Å²) in [5.74, 6) is 0.665. The Bertz CT molecular complexity index is 1140. The monoisotopic (exact) mass is 501 g/mol. The summed E-state index contributed by atoms with van der Waals surface area (Å²) in [6, 6.07) is 11.1. The van der Waals surface area contributed by atoms with E-state index in [1.54, 1.807) is 12.0 Å². The number of alkyl halides is 3. The van der Waals surface area contributed by atoms with E-state index in [2.05, 4.69) is 10.6 Å². The number of halogens is 3. The number of nitrogens with zero attached hydrogens (tertiary/aromatic N) is 1. The van der Waals surface area contributed by atoms with Gasteiger partial charge in [0.15, 0.2) is 0 Å². The molecule has 1 spiro atoms. The quantitative estimate of drug-likeness (QED) is 0.602. The molecule has 0 radical (unpaired) electrons. The minimum atomic E-state index is -4.39. The molecule has 2 N–H and O–H groups in total. The predicted molar refractivity (Wildman–Crippen MR) is 129 cm³/mol. The zero-order valence-corrected chi connectivity index (χ0v) is 20.2. The number of hydrogen-bond donors (Lipinski definition) is 2. The van der Waals surface area contributed by atoms with Crippen molar-refractivity contribution in [2.45, 2.75) is 57.3 Å². The number of aryl methyl sites for hydroxylation is 1. The van der Waals surface area contributed by atoms with Crippen LogP contribution in [0.3, 0.4) is 0 Å². The summed E-state index contributed by atoms with van der Waals surface area (Å²) < 4.78 is 44.4. The number of hydrogen-bond acceptors (Lipinski definition) is 3. The summed E-state index contributed by atoms with van der Waals surface area (Å²) >= 11 is 0. The average molecular weight is 502 g/mol. The van der Waals surface area contributed by atoms with Gasteiger partial charge in [-0.25, -0.2) is 4.79 Å². The summed E-state index contributed by atoms with van der Waals surface area (Å²) in [5.41, 5.74) is 1.60. The van der Waals surface area contributed by atoms with Crippen molar-refractivity contribution in [1.82, 2.24) is 10.6 Å². The van der Waals surface area contributed by atoms with Crippen LogP contribution in [0.2, 0.25) is 0 Å². The van der Waals surface area contributed by atoms with E-state index in [1.165, 1.54) is 12.1 Å². The Morgan fingerprint density at radius 1 is 1.08 bits per heavy atom. The fraction of sp³-hybridized carbons (Fsp3) is 0.481. The van der Waals surface area contributed by atoms with E-state index in [9.17, 15) is 22.8 Å². The van der Waals surface area contributed by atoms with Crippen LogP contribution in [0.25, 0.3) is 0 Å². The van der Waals surface area contributed by atoms with Gasteiger partial charge in [-0.05, 0) is 85.4 Å². The Kier molecular flexibility index (Phi) is 6.34. The van der Waals surface area contributed by atoms with E-state index in [4.69, 9.17) is 4.74 Å². The van der Waals surface area contributed by atoms with Crippen LogP contribution in [0.15, 0.2) is 42.5 Å². The predicted octanol–water partition coefficient (Wildman–Crippen LogP) is 5.05. The largest absolute Gasteiger partial charge is 0.497 e. The first kappa shape index (κ1) is 24.5. The molecule has 2 aromatic rings. The van der Waals surface area contributed by atoms with Gasteiger partial charge < -0.3 is 20.3 Å². The molecule has 2 saturated carbocycles. The third kappa shape index (κ3) is 4.88. The van der Waals surface area contributed by atoms with E-state index in [1.807, 2.05) is 24.3 Å². The van der Waals surface area contributed by atoms with Crippen LogP contribution in [-0.4, -0.2) is 31.6 Å². The summed E-state index contributed by atoms with van der Waals surface area (Å²) in [7, 11) is 1.61. The highest BCUT2D eigenvalue weighted by Gasteiger charge is 2.55. The maximum atomic E-state index is 13.2. The molecule has 5 rings (SSSR count). The molecule has 0 unspecified atom stereocenters. The average Bonchev–Trinajstić information content (AvgIpc) is 2.82. The Balaban J connectivity index is 1.08. The van der Waals surface area contributed by atoms with Crippen LogP contribution >= 0.6 is 0 Å². The number of fused-ring (bicyclic) bond motifs is 1. The van der Waals surface area contributed by atoms with Crippen molar-refractivity contribution >= 4 is 17.6 Å². The molecule has 0 atom stereocenters. The molecule has 6 nitrogen and oxygen atoms in total. The van der Waals surface area contributed by atoms with Gasteiger partial charge in [-0.1, -0.05) is 12.1 Å². The van der Waals surface area contributed by atoms with E-state index in [0.29, 0.717) is 37.2 Å². The number of amides is 3. The molecule has 1 aliphatic heterocycles. The normalized spacial score (nSPS) is 24.8. The maximum Gasteiger partial charge on any atom is 0.416 e. The molecule has 0 bridgehead atoms. The summed E-state index contributed by atoms with van der Waals surface area (Å²) in [6.45, 7) is 0.964. The second kappa shape index (κ2) is 9.33. The van der Waals surface area contributed by atoms with Gasteiger partial charge in [-0.3, -0.25) is 4.79 Å². The van der Waals surface area contributed by atoms with E-state index < -0.39 is 11.7 Å². The first-order valence-electron chi connectivity index (χ1n) is 12.3. The molecule has 1 heterocycles. The molecule has 2 aromatic carbocycles. The van der Waals surface area contributed by atoms with Gasteiger partial charge in [0.2, 0.25) is 5.91 Å². The van der Waals surface area contributed by atoms with Crippen molar-refractivity contribution in [1.29, 1.82) is 0 Å². The smallest absolute Gasteiger partial charge is 0.416 e. The van der Waals surface area contributed by atoms with Gasteiger partial charge in [0, 0.05) is 30.7 Å². The SMILES string of the molecule is COc1ccc(CNC(=O)NC2CC3(C2)CC(C(=O)N2CCCc4cc(C(F)(F)F)ccc42)C3)cc1. The van der Waals surface area contributed by atoms with Crippen LogP contribution < -0.4 is 20.3 Å². The Morgan fingerprint density at radius 3 is 2.47 bits per heavy atom. The number of anilines is 1. The second-order valence-corrected chi connectivity index (χ2v) is 10.3. The molecule has 192 valence electrons. The van der Waals surface area contributed by atoms with Crippen molar-refractivity contribution in [3.63, 3.8) is 0 Å². The molecule has 0 aromatic heterocycles. The Hall–Kier alpha value is -3.23. The minimum Gasteiger partial charge on any atom is -0.497 e. The Morgan fingerprint density at radius 2 is 1.81 bits per heavy atom. The van der Waals surface area contributed by atoms with Crippen LogP contribution in [0.4, 0.5) is 23.7 Å². The molecule has 0 saturated heterocycles. The first-order chi connectivity index (χ1) is 17.2. The van der Waals surface area contributed by atoms with Crippen molar-refractivity contribution in [3.8, 4) is 5.75 Å². The van der Waals surface area contributed by atoms with Crippen LogP contribution in [0, 0.1) is 11.3 Å². The highest BCUT2D eigenvalue weighted by atomic mass is 19.4. The fourth-order valence-corrected chi connectivity index (χ4v) is 5.97. The van der Waals surface area contributed by atoms with Gasteiger partial charge in [0.05, 0.1) is 12.7 Å². The number of nitrogens with one attached hydrogen (secondary N) is 2. The third-order valence-electron chi connectivity index (χ3n) is 7.81. The van der Waals surface area contributed by atoms with E-state index in [-0.39, 0.29) is 29.3 Å². The molecule has 9 heteroatoms. The van der Waals surface area contributed by atoms with Crippen molar-refractivity contribution < 1.29 is 27.5 Å². The molecule has 3 amide bonds. The zero-order valence-electron chi connectivity index (χ0n) is 20.2. The van der Waals surface area contributed by atoms with Crippen LogP contribution in [0.5, 0.6) is 5.75 Å². The van der Waals surface area contributed by atoms with Gasteiger partial charge in [-0.15, -0.1) is 0 Å². The van der Waals surface area contributed by atoms with E-state index in [0.717, 1.165) is 43.1 Å². The lowest BCUT2D eigenvalue weighted by Gasteiger charge is -2.57. The lowest BCUT2D eigenvalue weighted by Crippen LogP contribution is -2.59. The number of carbonyl (C=O) groups is 2. The van der Waals surface area contributed by atoms with Crippen molar-refractivity contribution in [2.24, 2.45) is 11.3 Å². The molecule has 3 aliphatic rings. The topological polar surface area (TPSA) is 70.7 Å². The lowest BCUT2D eigenvalue weighted by molar-refractivity contribution is -0.137. The maximum absolute atomic E-state index is 13.2. The first-order valence-corrected chi connectivity index (χ1v) is 12.3. The van der Waals surface area contributed by atoms with Gasteiger partial charge in [0.1, 0.15) is 5.75 Å². The van der Waals surface area contributed by atoms with Crippen LogP contribution in [-0.2, 0) is 23.9 Å². The summed E-state index contributed by atoms with van der Waals surface area (Å²) in [6.07, 6.45) is 0.0501. The summed E-state index contributed by atoms with van der Waals surface area (Å²) in [5, 5.41) is 5.88. The minimum absolute atomic E-state index is 0.00924. The number of carbonyl (C=O) groups excluding carboxylic acids is 2. The van der Waals surface area contributed by atoms with Gasteiger partial charge >= 0.3 is 12.2 Å². The standard InChI is InChI=1S/C27H30F3N3O3/c1-36-22-7-4-17(5-8-22)16-31-25(35)32-21-14-26(15-21)12-19(13-26)24(34)33-10-2-3-18-11-20(27(28,29)30)6-9-23(18)33/h4-9,11,19,21H,2-3,10,12-16H2,1H3,(H2,31,32,35). The third-order valence-corrected chi connectivity index (χ3v) is 7.81. The Labute approximate surface area is 208 Å². The van der Waals surface area contributed by atoms with Crippen molar-refractivity contribution in [3.05, 3.63) is 59.2 Å². The summed E-state index contributed by atoms with van der Waals surface area (Å²) in [4.78, 5) is 27.1. The highest BCUT2D eigenvalue weighted by Crippen LogP contribution is 2.59. The second-order valence-electron chi connectivity index (χ2n) is 10.3. The number of benzene rings is 2. The number of methoxy groups -OCH3 is 1. The molecule has 2 aliphatic carbocycles. The number of rotatable bonds is 5. The number of urea groups is 1. The fourth-order valence-electron chi connectivity index (χ4n) is 5.97.